The van der Waals surface area contributed by atoms with Crippen LogP contribution in [-0.2, 0) is 4.79 Å². The third-order valence-electron chi connectivity index (χ3n) is 4.38. The topological polar surface area (TPSA) is 41.6 Å². The molecule has 0 spiro atoms. The van der Waals surface area contributed by atoms with Crippen LogP contribution < -0.4 is 15.0 Å². The van der Waals surface area contributed by atoms with Gasteiger partial charge in [-0.25, -0.2) is 0 Å². The number of carbonyl (C=O) groups excluding carboxylic acids is 1. The first-order valence-corrected chi connectivity index (χ1v) is 8.09. The zero-order chi connectivity index (χ0) is 14.5. The number of ether oxygens (including phenoxy) is 1. The molecular formula is C17H24N2O2. The van der Waals surface area contributed by atoms with Gasteiger partial charge in [-0.1, -0.05) is 37.8 Å². The number of rotatable bonds is 3. The SMILES string of the molecule is O=C(CN1CCOc2ccccc21)NC1CCCCCC1. The average molecular weight is 288 g/mol. The van der Waals surface area contributed by atoms with Crippen LogP contribution in [0.4, 0.5) is 5.69 Å². The first kappa shape index (κ1) is 14.2. The molecule has 0 aromatic heterocycles. The van der Waals surface area contributed by atoms with Crippen LogP contribution in [0, 0.1) is 0 Å². The molecule has 1 amide bonds. The number of nitrogens with zero attached hydrogens (tertiary/aromatic N) is 1. The van der Waals surface area contributed by atoms with Crippen molar-refractivity contribution in [2.24, 2.45) is 0 Å². The van der Waals surface area contributed by atoms with Crippen LogP contribution in [0.1, 0.15) is 38.5 Å². The summed E-state index contributed by atoms with van der Waals surface area (Å²) in [4.78, 5) is 14.4. The largest absolute Gasteiger partial charge is 0.490 e. The molecule has 1 fully saturated rings. The highest BCUT2D eigenvalue weighted by molar-refractivity contribution is 5.82. The highest BCUT2D eigenvalue weighted by atomic mass is 16.5. The molecule has 1 aromatic carbocycles. The van der Waals surface area contributed by atoms with Gasteiger partial charge >= 0.3 is 0 Å². The van der Waals surface area contributed by atoms with Gasteiger partial charge in [0.1, 0.15) is 12.4 Å². The Balaban J connectivity index is 1.58. The highest BCUT2D eigenvalue weighted by Crippen LogP contribution is 2.30. The van der Waals surface area contributed by atoms with Crippen molar-refractivity contribution in [2.45, 2.75) is 44.6 Å². The van der Waals surface area contributed by atoms with Crippen molar-refractivity contribution >= 4 is 11.6 Å². The van der Waals surface area contributed by atoms with Gasteiger partial charge in [0.2, 0.25) is 5.91 Å². The molecule has 0 unspecified atom stereocenters. The Morgan fingerprint density at radius 3 is 2.76 bits per heavy atom. The lowest BCUT2D eigenvalue weighted by molar-refractivity contribution is -0.120. The molecule has 1 aromatic rings. The molecule has 114 valence electrons. The van der Waals surface area contributed by atoms with E-state index in [2.05, 4.69) is 10.2 Å². The fourth-order valence-corrected chi connectivity index (χ4v) is 3.26. The van der Waals surface area contributed by atoms with Crippen molar-refractivity contribution in [1.82, 2.24) is 5.32 Å². The van der Waals surface area contributed by atoms with E-state index in [1.165, 1.54) is 25.7 Å². The van der Waals surface area contributed by atoms with E-state index in [9.17, 15) is 4.79 Å². The number of carbonyl (C=O) groups is 1. The Hall–Kier alpha value is -1.71. The monoisotopic (exact) mass is 288 g/mol. The smallest absolute Gasteiger partial charge is 0.239 e. The van der Waals surface area contributed by atoms with Gasteiger partial charge in [-0.2, -0.15) is 0 Å². The van der Waals surface area contributed by atoms with E-state index >= 15 is 0 Å². The van der Waals surface area contributed by atoms with Crippen LogP contribution in [0.25, 0.3) is 0 Å². The first-order valence-electron chi connectivity index (χ1n) is 8.09. The summed E-state index contributed by atoms with van der Waals surface area (Å²) in [7, 11) is 0. The van der Waals surface area contributed by atoms with Crippen molar-refractivity contribution in [3.63, 3.8) is 0 Å². The second kappa shape index (κ2) is 6.83. The highest BCUT2D eigenvalue weighted by Gasteiger charge is 2.21. The van der Waals surface area contributed by atoms with E-state index in [0.717, 1.165) is 30.8 Å². The Morgan fingerprint density at radius 1 is 1.19 bits per heavy atom. The van der Waals surface area contributed by atoms with Crippen molar-refractivity contribution in [3.05, 3.63) is 24.3 Å². The Labute approximate surface area is 126 Å². The van der Waals surface area contributed by atoms with Gasteiger partial charge in [-0.3, -0.25) is 4.79 Å². The van der Waals surface area contributed by atoms with Crippen molar-refractivity contribution in [1.29, 1.82) is 0 Å². The maximum atomic E-state index is 12.3. The number of nitrogens with one attached hydrogen (secondary N) is 1. The van der Waals surface area contributed by atoms with Crippen LogP contribution >= 0.6 is 0 Å². The molecule has 0 saturated heterocycles. The minimum absolute atomic E-state index is 0.138. The van der Waals surface area contributed by atoms with Gasteiger partial charge in [-0.05, 0) is 25.0 Å². The minimum Gasteiger partial charge on any atom is -0.490 e. The summed E-state index contributed by atoms with van der Waals surface area (Å²) in [5, 5.41) is 3.22. The van der Waals surface area contributed by atoms with Crippen LogP contribution in [0.5, 0.6) is 5.75 Å². The summed E-state index contributed by atoms with van der Waals surface area (Å²) in [6, 6.07) is 8.31. The Bertz CT molecular complexity index is 481. The molecule has 1 saturated carbocycles. The molecule has 1 aliphatic heterocycles. The number of fused-ring (bicyclic) bond motifs is 1. The minimum atomic E-state index is 0.138. The second-order valence-electron chi connectivity index (χ2n) is 5.99. The number of hydrogen-bond donors (Lipinski definition) is 1. The van der Waals surface area contributed by atoms with Gasteiger partial charge in [0, 0.05) is 6.04 Å². The van der Waals surface area contributed by atoms with Crippen molar-refractivity contribution < 1.29 is 9.53 Å². The Kier molecular flexibility index (Phi) is 4.63. The number of amides is 1. The van der Waals surface area contributed by atoms with E-state index < -0.39 is 0 Å². The number of para-hydroxylation sites is 2. The lowest BCUT2D eigenvalue weighted by Crippen LogP contribution is -2.44. The average Bonchev–Trinajstić information content (AvgIpc) is 2.76. The zero-order valence-corrected chi connectivity index (χ0v) is 12.5. The second-order valence-corrected chi connectivity index (χ2v) is 5.99. The van der Waals surface area contributed by atoms with Crippen molar-refractivity contribution in [3.8, 4) is 5.75 Å². The lowest BCUT2D eigenvalue weighted by atomic mass is 10.1. The van der Waals surface area contributed by atoms with E-state index in [0.29, 0.717) is 19.2 Å². The molecule has 0 radical (unpaired) electrons. The van der Waals surface area contributed by atoms with Gasteiger partial charge in [-0.15, -0.1) is 0 Å². The number of hydrogen-bond acceptors (Lipinski definition) is 3. The van der Waals surface area contributed by atoms with Crippen LogP contribution in [0.3, 0.4) is 0 Å². The van der Waals surface area contributed by atoms with E-state index in [4.69, 9.17) is 4.74 Å². The summed E-state index contributed by atoms with van der Waals surface area (Å²) < 4.78 is 5.63. The van der Waals surface area contributed by atoms with Gasteiger partial charge in [0.15, 0.2) is 0 Å². The summed E-state index contributed by atoms with van der Waals surface area (Å²) in [6.45, 7) is 1.85. The standard InChI is InChI=1S/C17H24N2O2/c20-17(18-14-7-3-1-2-4-8-14)13-19-11-12-21-16-10-6-5-9-15(16)19/h5-6,9-10,14H,1-4,7-8,11-13H2,(H,18,20). The Morgan fingerprint density at radius 2 is 1.95 bits per heavy atom. The molecule has 21 heavy (non-hydrogen) atoms. The summed E-state index contributed by atoms with van der Waals surface area (Å²) >= 11 is 0. The predicted molar refractivity (Wildman–Crippen MR) is 83.8 cm³/mol. The fraction of sp³-hybridized carbons (Fsp3) is 0.588. The molecule has 0 bridgehead atoms. The van der Waals surface area contributed by atoms with E-state index in [-0.39, 0.29) is 5.91 Å². The summed E-state index contributed by atoms with van der Waals surface area (Å²) in [5.74, 6) is 1.02. The molecular weight excluding hydrogens is 264 g/mol. The molecule has 4 heteroatoms. The lowest BCUT2D eigenvalue weighted by Gasteiger charge is -2.31. The van der Waals surface area contributed by atoms with Gasteiger partial charge in [0.05, 0.1) is 18.8 Å². The quantitative estimate of drug-likeness (QED) is 0.870. The normalized spacial score (nSPS) is 19.3. The molecule has 3 rings (SSSR count). The predicted octanol–water partition coefficient (Wildman–Crippen LogP) is 2.72. The molecule has 4 nitrogen and oxygen atoms in total. The van der Waals surface area contributed by atoms with Gasteiger partial charge in [0.25, 0.3) is 0 Å². The van der Waals surface area contributed by atoms with Crippen LogP contribution in [0.2, 0.25) is 0 Å². The maximum absolute atomic E-state index is 12.3. The van der Waals surface area contributed by atoms with Crippen LogP contribution in [-0.4, -0.2) is 31.6 Å². The molecule has 2 aliphatic rings. The third kappa shape index (κ3) is 3.69. The molecule has 0 atom stereocenters. The molecule has 1 N–H and O–H groups in total. The number of anilines is 1. The zero-order valence-electron chi connectivity index (χ0n) is 12.5. The number of benzene rings is 1. The summed E-state index contributed by atoms with van der Waals surface area (Å²) in [5.41, 5.74) is 1.03. The first-order chi connectivity index (χ1) is 10.3. The van der Waals surface area contributed by atoms with Crippen molar-refractivity contribution in [2.75, 3.05) is 24.6 Å². The molecule has 1 aliphatic carbocycles. The molecule has 1 heterocycles. The fourth-order valence-electron chi connectivity index (χ4n) is 3.26. The van der Waals surface area contributed by atoms with Gasteiger partial charge < -0.3 is 15.0 Å². The van der Waals surface area contributed by atoms with E-state index in [1.54, 1.807) is 0 Å². The third-order valence-corrected chi connectivity index (χ3v) is 4.38. The summed E-state index contributed by atoms with van der Waals surface area (Å²) in [6.07, 6.45) is 7.36. The van der Waals surface area contributed by atoms with E-state index in [1.807, 2.05) is 24.3 Å². The maximum Gasteiger partial charge on any atom is 0.239 e. The van der Waals surface area contributed by atoms with Crippen LogP contribution in [0.15, 0.2) is 24.3 Å².